The highest BCUT2D eigenvalue weighted by Gasteiger charge is 2.26. The van der Waals surface area contributed by atoms with Gasteiger partial charge in [-0.3, -0.25) is 19.3 Å². The van der Waals surface area contributed by atoms with Crippen molar-refractivity contribution in [1.82, 2.24) is 9.80 Å². The topological polar surface area (TPSA) is 83.7 Å². The average Bonchev–Trinajstić information content (AvgIpc) is 2.57. The van der Waals surface area contributed by atoms with E-state index in [4.69, 9.17) is 5.73 Å². The van der Waals surface area contributed by atoms with Crippen LogP contribution in [0.3, 0.4) is 0 Å². The number of amides is 3. The van der Waals surface area contributed by atoms with Gasteiger partial charge in [-0.05, 0) is 6.92 Å². The van der Waals surface area contributed by atoms with Gasteiger partial charge in [0.2, 0.25) is 5.91 Å². The number of nitrogens with two attached hydrogens (primary N) is 1. The molecular weight excluding hydrogens is 210 g/mol. The van der Waals surface area contributed by atoms with E-state index in [-0.39, 0.29) is 12.5 Å². The van der Waals surface area contributed by atoms with Crippen LogP contribution in [0, 0.1) is 0 Å². The van der Waals surface area contributed by atoms with Crippen molar-refractivity contribution in [3.05, 3.63) is 12.2 Å². The van der Waals surface area contributed by atoms with Crippen LogP contribution in [0.4, 0.5) is 0 Å². The number of imide groups is 1. The van der Waals surface area contributed by atoms with E-state index in [9.17, 15) is 14.4 Å². The molecule has 1 heterocycles. The van der Waals surface area contributed by atoms with Crippen molar-refractivity contribution in [2.75, 3.05) is 26.2 Å². The highest BCUT2D eigenvalue weighted by molar-refractivity contribution is 6.14. The van der Waals surface area contributed by atoms with Gasteiger partial charge in [0, 0.05) is 31.8 Å². The molecule has 88 valence electrons. The molecule has 0 bridgehead atoms. The van der Waals surface area contributed by atoms with Gasteiger partial charge in [0.05, 0.1) is 0 Å². The maximum absolute atomic E-state index is 11.7. The second-order valence-electron chi connectivity index (χ2n) is 3.36. The Bertz CT molecular complexity index is 320. The summed E-state index contributed by atoms with van der Waals surface area (Å²) in [5, 5.41) is 0. The van der Waals surface area contributed by atoms with Crippen molar-refractivity contribution >= 4 is 17.7 Å². The Morgan fingerprint density at radius 1 is 1.38 bits per heavy atom. The molecule has 1 rings (SSSR count). The van der Waals surface area contributed by atoms with E-state index in [1.165, 1.54) is 4.90 Å². The molecule has 3 amide bonds. The molecule has 0 unspecified atom stereocenters. The summed E-state index contributed by atoms with van der Waals surface area (Å²) in [4.78, 5) is 36.6. The molecule has 1 aliphatic heterocycles. The first-order valence-electron chi connectivity index (χ1n) is 5.11. The minimum Gasteiger partial charge on any atom is -0.340 e. The molecule has 0 aromatic carbocycles. The quantitative estimate of drug-likeness (QED) is 0.591. The monoisotopic (exact) mass is 225 g/mol. The highest BCUT2D eigenvalue weighted by Crippen LogP contribution is 2.04. The van der Waals surface area contributed by atoms with E-state index in [0.717, 1.165) is 17.1 Å². The fourth-order valence-electron chi connectivity index (χ4n) is 1.44. The number of carbonyl (C=O) groups is 3. The number of nitrogens with zero attached hydrogens (tertiary/aromatic N) is 2. The lowest BCUT2D eigenvalue weighted by atomic mass is 10.4. The van der Waals surface area contributed by atoms with Crippen LogP contribution in [-0.2, 0) is 14.4 Å². The van der Waals surface area contributed by atoms with Gasteiger partial charge in [-0.15, -0.1) is 0 Å². The summed E-state index contributed by atoms with van der Waals surface area (Å²) < 4.78 is 0. The molecule has 6 nitrogen and oxygen atoms in total. The van der Waals surface area contributed by atoms with Crippen molar-refractivity contribution in [2.45, 2.75) is 6.92 Å². The molecule has 2 N–H and O–H groups in total. The zero-order valence-electron chi connectivity index (χ0n) is 9.18. The third-order valence-electron chi connectivity index (χ3n) is 2.33. The first kappa shape index (κ1) is 12.4. The van der Waals surface area contributed by atoms with Crippen LogP contribution < -0.4 is 5.73 Å². The normalized spacial score (nSPS) is 14.8. The van der Waals surface area contributed by atoms with Crippen LogP contribution in [-0.4, -0.2) is 53.7 Å². The summed E-state index contributed by atoms with van der Waals surface area (Å²) >= 11 is 0. The van der Waals surface area contributed by atoms with E-state index in [0.29, 0.717) is 19.6 Å². The van der Waals surface area contributed by atoms with E-state index in [1.54, 1.807) is 0 Å². The van der Waals surface area contributed by atoms with Gasteiger partial charge in [-0.1, -0.05) is 0 Å². The minimum atomic E-state index is -0.442. The Kier molecular flexibility index (Phi) is 4.19. The van der Waals surface area contributed by atoms with Crippen LogP contribution in [0.5, 0.6) is 0 Å². The molecule has 0 aromatic rings. The fourth-order valence-corrected chi connectivity index (χ4v) is 1.44. The molecule has 6 heteroatoms. The predicted octanol–water partition coefficient (Wildman–Crippen LogP) is -1.28. The van der Waals surface area contributed by atoms with E-state index < -0.39 is 11.8 Å². The van der Waals surface area contributed by atoms with Gasteiger partial charge < -0.3 is 10.6 Å². The lowest BCUT2D eigenvalue weighted by molar-refractivity contribution is -0.144. The summed E-state index contributed by atoms with van der Waals surface area (Å²) in [5.41, 5.74) is 5.35. The van der Waals surface area contributed by atoms with Gasteiger partial charge in [-0.25, -0.2) is 0 Å². The minimum absolute atomic E-state index is 0.210. The molecule has 0 atom stereocenters. The first-order chi connectivity index (χ1) is 7.60. The number of likely N-dealkylation sites (N-methyl/N-ethyl adjacent to an activating group) is 1. The maximum Gasteiger partial charge on any atom is 0.254 e. The van der Waals surface area contributed by atoms with E-state index in [1.807, 2.05) is 6.92 Å². The molecule has 0 fully saturated rings. The number of hydrogen-bond donors (Lipinski definition) is 1. The predicted molar refractivity (Wildman–Crippen MR) is 57.2 cm³/mol. The van der Waals surface area contributed by atoms with Gasteiger partial charge in [-0.2, -0.15) is 0 Å². The van der Waals surface area contributed by atoms with Crippen molar-refractivity contribution in [2.24, 2.45) is 5.73 Å². The van der Waals surface area contributed by atoms with E-state index in [2.05, 4.69) is 0 Å². The first-order valence-corrected chi connectivity index (χ1v) is 5.11. The van der Waals surface area contributed by atoms with Crippen molar-refractivity contribution in [3.63, 3.8) is 0 Å². The van der Waals surface area contributed by atoms with Crippen molar-refractivity contribution in [3.8, 4) is 0 Å². The van der Waals surface area contributed by atoms with Gasteiger partial charge in [0.1, 0.15) is 6.54 Å². The summed E-state index contributed by atoms with van der Waals surface area (Å²) in [6.45, 7) is 2.91. The van der Waals surface area contributed by atoms with Crippen molar-refractivity contribution in [1.29, 1.82) is 0 Å². The molecular formula is C10H15N3O3. The Labute approximate surface area is 93.7 Å². The van der Waals surface area contributed by atoms with Crippen LogP contribution in [0.2, 0.25) is 0 Å². The number of rotatable bonds is 5. The number of carbonyl (C=O) groups excluding carboxylic acids is 3. The van der Waals surface area contributed by atoms with Crippen LogP contribution in [0.25, 0.3) is 0 Å². The Hall–Kier alpha value is -1.69. The van der Waals surface area contributed by atoms with Gasteiger partial charge >= 0.3 is 0 Å². The molecule has 0 aromatic heterocycles. The zero-order valence-corrected chi connectivity index (χ0v) is 9.18. The lowest BCUT2D eigenvalue weighted by Crippen LogP contribution is -2.44. The van der Waals surface area contributed by atoms with Gasteiger partial charge in [0.25, 0.3) is 11.8 Å². The Morgan fingerprint density at radius 2 is 1.94 bits per heavy atom. The van der Waals surface area contributed by atoms with Crippen molar-refractivity contribution < 1.29 is 14.4 Å². The van der Waals surface area contributed by atoms with E-state index >= 15 is 0 Å². The molecule has 0 radical (unpaired) electrons. The third-order valence-corrected chi connectivity index (χ3v) is 2.33. The highest BCUT2D eigenvalue weighted by atomic mass is 16.2. The standard InChI is InChI=1S/C10H15N3O3/c1-2-12(6-5-11)10(16)7-13-8(14)3-4-9(13)15/h3-4H,2,5-7,11H2,1H3. The van der Waals surface area contributed by atoms with Crippen LogP contribution >= 0.6 is 0 Å². The second-order valence-corrected chi connectivity index (χ2v) is 3.36. The summed E-state index contributed by atoms with van der Waals surface area (Å²) in [5.74, 6) is -1.15. The largest absolute Gasteiger partial charge is 0.340 e. The Balaban J connectivity index is 2.56. The summed E-state index contributed by atoms with van der Waals surface area (Å²) in [6, 6.07) is 0. The molecule has 1 aliphatic rings. The second kappa shape index (κ2) is 5.41. The average molecular weight is 225 g/mol. The SMILES string of the molecule is CCN(CCN)C(=O)CN1C(=O)C=CC1=O. The Morgan fingerprint density at radius 3 is 2.38 bits per heavy atom. The molecule has 0 aliphatic carbocycles. The van der Waals surface area contributed by atoms with Gasteiger partial charge in [0.15, 0.2) is 0 Å². The van der Waals surface area contributed by atoms with Crippen LogP contribution in [0.1, 0.15) is 6.92 Å². The fraction of sp³-hybridized carbons (Fsp3) is 0.500. The summed E-state index contributed by atoms with van der Waals surface area (Å²) in [6.07, 6.45) is 2.32. The third kappa shape index (κ3) is 2.66. The zero-order chi connectivity index (χ0) is 12.1. The molecule has 0 saturated carbocycles. The lowest BCUT2D eigenvalue weighted by Gasteiger charge is -2.22. The van der Waals surface area contributed by atoms with Crippen LogP contribution in [0.15, 0.2) is 12.2 Å². The molecule has 16 heavy (non-hydrogen) atoms. The molecule has 0 spiro atoms. The maximum atomic E-state index is 11.7. The smallest absolute Gasteiger partial charge is 0.254 e. The summed E-state index contributed by atoms with van der Waals surface area (Å²) in [7, 11) is 0. The molecule has 0 saturated heterocycles. The number of hydrogen-bond acceptors (Lipinski definition) is 4.